The summed E-state index contributed by atoms with van der Waals surface area (Å²) < 4.78 is 15.4. The lowest BCUT2D eigenvalue weighted by Gasteiger charge is -2.05. The monoisotopic (exact) mass is 305 g/mol. The van der Waals surface area contributed by atoms with Crippen LogP contribution in [0.2, 0.25) is 0 Å². The van der Waals surface area contributed by atoms with Gasteiger partial charge in [0.15, 0.2) is 0 Å². The molecule has 0 aliphatic rings. The maximum absolute atomic E-state index is 13.6. The number of nitrogens with two attached hydrogens (primary N) is 1. The van der Waals surface area contributed by atoms with Crippen molar-refractivity contribution in [3.8, 4) is 11.3 Å². The highest BCUT2D eigenvalue weighted by Gasteiger charge is 2.14. The van der Waals surface area contributed by atoms with E-state index in [0.717, 1.165) is 28.0 Å². The summed E-state index contributed by atoms with van der Waals surface area (Å²) in [7, 11) is 0. The minimum atomic E-state index is -0.279. The average Bonchev–Trinajstić information content (AvgIpc) is 2.93. The van der Waals surface area contributed by atoms with Crippen molar-refractivity contribution in [1.29, 1.82) is 0 Å². The Hall–Kier alpha value is -2.72. The molecule has 2 N–H and O–H groups in total. The minimum absolute atomic E-state index is 0.279. The fraction of sp³-hybridized carbons (Fsp3) is 0.105. The molecule has 114 valence electrons. The zero-order chi connectivity index (χ0) is 15.8. The van der Waals surface area contributed by atoms with E-state index in [-0.39, 0.29) is 5.82 Å². The quantitative estimate of drug-likeness (QED) is 0.626. The Morgan fingerprint density at radius 3 is 2.65 bits per heavy atom. The highest BCUT2D eigenvalue weighted by atomic mass is 19.1. The third-order valence-corrected chi connectivity index (χ3v) is 4.09. The molecule has 23 heavy (non-hydrogen) atoms. The van der Waals surface area contributed by atoms with E-state index in [4.69, 9.17) is 10.7 Å². The SMILES string of the molecule is NCCc1c(-c2ccc3ccccc3c2)nc2ccc(F)cn12. The van der Waals surface area contributed by atoms with Gasteiger partial charge in [0.2, 0.25) is 0 Å². The standard InChI is InChI=1S/C19H16FN3/c20-16-7-8-18-22-19(17(9-10-21)23(18)12-16)15-6-5-13-3-1-2-4-14(13)11-15/h1-8,11-12H,9-10,21H2. The van der Waals surface area contributed by atoms with Crippen molar-refractivity contribution < 1.29 is 4.39 Å². The topological polar surface area (TPSA) is 43.3 Å². The summed E-state index contributed by atoms with van der Waals surface area (Å²) in [4.78, 5) is 4.69. The number of benzene rings is 2. The number of pyridine rings is 1. The first-order valence-corrected chi connectivity index (χ1v) is 7.62. The fourth-order valence-corrected chi connectivity index (χ4v) is 3.01. The molecule has 0 aliphatic carbocycles. The number of nitrogens with zero attached hydrogens (tertiary/aromatic N) is 2. The van der Waals surface area contributed by atoms with Crippen molar-refractivity contribution in [3.05, 3.63) is 72.3 Å². The lowest BCUT2D eigenvalue weighted by molar-refractivity contribution is 0.617. The molecule has 2 heterocycles. The van der Waals surface area contributed by atoms with Crippen LogP contribution in [0.4, 0.5) is 4.39 Å². The second-order valence-corrected chi connectivity index (χ2v) is 5.58. The Labute approximate surface area is 133 Å². The Balaban J connectivity index is 1.97. The molecule has 0 spiro atoms. The van der Waals surface area contributed by atoms with Gasteiger partial charge < -0.3 is 10.1 Å². The van der Waals surface area contributed by atoms with E-state index in [9.17, 15) is 4.39 Å². The molecule has 2 aromatic carbocycles. The van der Waals surface area contributed by atoms with Crippen LogP contribution in [0.25, 0.3) is 27.7 Å². The summed E-state index contributed by atoms with van der Waals surface area (Å²) in [6.07, 6.45) is 2.12. The van der Waals surface area contributed by atoms with Gasteiger partial charge in [-0.1, -0.05) is 36.4 Å². The van der Waals surface area contributed by atoms with Crippen LogP contribution in [0.15, 0.2) is 60.8 Å². The van der Waals surface area contributed by atoms with Crippen LogP contribution in [-0.2, 0) is 6.42 Å². The van der Waals surface area contributed by atoms with Crippen molar-refractivity contribution in [2.24, 2.45) is 5.73 Å². The summed E-state index contributed by atoms with van der Waals surface area (Å²) in [5, 5.41) is 2.35. The predicted octanol–water partition coefficient (Wildman–Crippen LogP) is 3.79. The molecule has 0 unspecified atom stereocenters. The zero-order valence-electron chi connectivity index (χ0n) is 12.5. The van der Waals surface area contributed by atoms with E-state index in [0.29, 0.717) is 13.0 Å². The summed E-state index contributed by atoms with van der Waals surface area (Å²) >= 11 is 0. The van der Waals surface area contributed by atoms with E-state index in [1.807, 2.05) is 12.1 Å². The molecular weight excluding hydrogens is 289 g/mol. The molecule has 0 aliphatic heterocycles. The smallest absolute Gasteiger partial charge is 0.139 e. The molecule has 0 amide bonds. The highest BCUT2D eigenvalue weighted by molar-refractivity contribution is 5.87. The summed E-state index contributed by atoms with van der Waals surface area (Å²) in [5.41, 5.74) is 9.32. The number of fused-ring (bicyclic) bond motifs is 2. The van der Waals surface area contributed by atoms with Crippen molar-refractivity contribution in [1.82, 2.24) is 9.38 Å². The van der Waals surface area contributed by atoms with Crippen LogP contribution >= 0.6 is 0 Å². The number of hydrogen-bond acceptors (Lipinski definition) is 2. The summed E-state index contributed by atoms with van der Waals surface area (Å²) in [6, 6.07) is 17.6. The number of hydrogen-bond donors (Lipinski definition) is 1. The molecule has 4 rings (SSSR count). The second-order valence-electron chi connectivity index (χ2n) is 5.58. The number of aromatic nitrogens is 2. The molecule has 2 aromatic heterocycles. The van der Waals surface area contributed by atoms with Crippen molar-refractivity contribution >= 4 is 16.4 Å². The third-order valence-electron chi connectivity index (χ3n) is 4.09. The third kappa shape index (κ3) is 2.37. The van der Waals surface area contributed by atoms with Gasteiger partial charge in [0.1, 0.15) is 11.5 Å². The molecule has 0 fully saturated rings. The van der Waals surface area contributed by atoms with Crippen LogP contribution in [0.5, 0.6) is 0 Å². The van der Waals surface area contributed by atoms with E-state index < -0.39 is 0 Å². The van der Waals surface area contributed by atoms with Gasteiger partial charge in [-0.15, -0.1) is 0 Å². The van der Waals surface area contributed by atoms with Gasteiger partial charge >= 0.3 is 0 Å². The van der Waals surface area contributed by atoms with E-state index in [1.54, 1.807) is 10.5 Å². The Morgan fingerprint density at radius 2 is 1.83 bits per heavy atom. The van der Waals surface area contributed by atoms with Gasteiger partial charge in [-0.05, 0) is 35.5 Å². The normalized spacial score (nSPS) is 11.4. The van der Waals surface area contributed by atoms with Gasteiger partial charge in [-0.3, -0.25) is 0 Å². The molecular formula is C19H16FN3. The van der Waals surface area contributed by atoms with Crippen LogP contribution in [-0.4, -0.2) is 15.9 Å². The van der Waals surface area contributed by atoms with Crippen LogP contribution < -0.4 is 5.73 Å². The van der Waals surface area contributed by atoms with Gasteiger partial charge in [0, 0.05) is 18.2 Å². The Kier molecular flexibility index (Phi) is 3.32. The zero-order valence-corrected chi connectivity index (χ0v) is 12.5. The van der Waals surface area contributed by atoms with Gasteiger partial charge in [-0.2, -0.15) is 0 Å². The second kappa shape index (κ2) is 5.48. The first-order valence-electron chi connectivity index (χ1n) is 7.62. The highest BCUT2D eigenvalue weighted by Crippen LogP contribution is 2.28. The molecule has 0 saturated carbocycles. The largest absolute Gasteiger partial charge is 0.330 e. The average molecular weight is 305 g/mol. The molecule has 4 aromatic rings. The maximum atomic E-state index is 13.6. The van der Waals surface area contributed by atoms with E-state index in [1.165, 1.54) is 17.6 Å². The first-order chi connectivity index (χ1) is 11.3. The van der Waals surface area contributed by atoms with Crippen LogP contribution in [0, 0.1) is 5.82 Å². The summed E-state index contributed by atoms with van der Waals surface area (Å²) in [5.74, 6) is -0.279. The lowest BCUT2D eigenvalue weighted by atomic mass is 10.0. The molecule has 3 nitrogen and oxygen atoms in total. The van der Waals surface area contributed by atoms with Crippen molar-refractivity contribution in [3.63, 3.8) is 0 Å². The lowest BCUT2D eigenvalue weighted by Crippen LogP contribution is -2.06. The van der Waals surface area contributed by atoms with Crippen molar-refractivity contribution in [2.45, 2.75) is 6.42 Å². The first kappa shape index (κ1) is 13.9. The number of imidazole rings is 1. The number of halogens is 1. The van der Waals surface area contributed by atoms with Gasteiger partial charge in [0.25, 0.3) is 0 Å². The maximum Gasteiger partial charge on any atom is 0.139 e. The Morgan fingerprint density at radius 1 is 1.00 bits per heavy atom. The molecule has 0 bridgehead atoms. The molecule has 0 saturated heterocycles. The molecule has 4 heteroatoms. The van der Waals surface area contributed by atoms with Crippen molar-refractivity contribution in [2.75, 3.05) is 6.54 Å². The number of rotatable bonds is 3. The van der Waals surface area contributed by atoms with E-state index in [2.05, 4.69) is 30.3 Å². The fourth-order valence-electron chi connectivity index (χ4n) is 3.01. The Bertz CT molecular complexity index is 1000. The van der Waals surface area contributed by atoms with Crippen LogP contribution in [0.3, 0.4) is 0 Å². The predicted molar refractivity (Wildman–Crippen MR) is 90.9 cm³/mol. The minimum Gasteiger partial charge on any atom is -0.330 e. The molecule has 0 atom stereocenters. The van der Waals surface area contributed by atoms with Crippen LogP contribution in [0.1, 0.15) is 5.69 Å². The molecule has 0 radical (unpaired) electrons. The van der Waals surface area contributed by atoms with E-state index >= 15 is 0 Å². The summed E-state index contributed by atoms with van der Waals surface area (Å²) in [6.45, 7) is 0.491. The van der Waals surface area contributed by atoms with Gasteiger partial charge in [-0.25, -0.2) is 9.37 Å². The van der Waals surface area contributed by atoms with Gasteiger partial charge in [0.05, 0.1) is 11.4 Å².